The van der Waals surface area contributed by atoms with E-state index in [9.17, 15) is 9.59 Å². The molecule has 0 unspecified atom stereocenters. The van der Waals surface area contributed by atoms with Crippen LogP contribution in [0.15, 0.2) is 10.2 Å². The summed E-state index contributed by atoms with van der Waals surface area (Å²) in [4.78, 5) is 21.7. The van der Waals surface area contributed by atoms with Crippen molar-refractivity contribution in [1.29, 1.82) is 0 Å². The van der Waals surface area contributed by atoms with E-state index in [-0.39, 0.29) is 0 Å². The van der Waals surface area contributed by atoms with Gasteiger partial charge < -0.3 is 11.5 Å². The van der Waals surface area contributed by atoms with Crippen LogP contribution in [0.25, 0.3) is 0 Å². The summed E-state index contributed by atoms with van der Waals surface area (Å²) in [6, 6.07) is -1.27. The molecule has 0 heterocycles. The van der Waals surface area contributed by atoms with Crippen molar-refractivity contribution in [3.8, 4) is 0 Å². The number of rotatable bonds is 2. The molecule has 0 aromatic carbocycles. The smallest absolute Gasteiger partial charge is 0.332 e. The molecule has 0 aliphatic heterocycles. The normalized spacial score (nSPS) is 45.5. The molecule has 0 aromatic rings. The van der Waals surface area contributed by atoms with Crippen molar-refractivity contribution >= 4 is 23.5 Å². The average Bonchev–Trinajstić information content (AvgIpc) is 3.03. The molecule has 4 saturated carbocycles. The fourth-order valence-corrected chi connectivity index (χ4v) is 5.42. The summed E-state index contributed by atoms with van der Waals surface area (Å²) in [6.07, 6.45) is 3.10. The highest BCUT2D eigenvalue weighted by molar-refractivity contribution is 6.01. The van der Waals surface area contributed by atoms with Crippen LogP contribution in [-0.2, 0) is 0 Å². The van der Waals surface area contributed by atoms with Crippen LogP contribution in [0, 0.1) is 35.5 Å². The second kappa shape index (κ2) is 4.19. The third-order valence-electron chi connectivity index (χ3n) is 5.78. The summed E-state index contributed by atoms with van der Waals surface area (Å²) in [5, 5.41) is 8.43. The van der Waals surface area contributed by atoms with Crippen molar-refractivity contribution in [2.45, 2.75) is 19.3 Å². The molecule has 6 N–H and O–H groups in total. The minimum Gasteiger partial charge on any atom is -0.350 e. The Morgan fingerprint density at radius 2 is 1.29 bits per heavy atom. The first-order valence-corrected chi connectivity index (χ1v) is 7.30. The second-order valence-corrected chi connectivity index (χ2v) is 6.51. The Balaban J connectivity index is 1.63. The van der Waals surface area contributed by atoms with Gasteiger partial charge in [0.1, 0.15) is 0 Å². The van der Waals surface area contributed by atoms with Gasteiger partial charge in [0, 0.05) is 23.3 Å². The Bertz CT molecular complexity index is 531. The van der Waals surface area contributed by atoms with E-state index in [1.807, 2.05) is 0 Å². The van der Waals surface area contributed by atoms with Crippen LogP contribution in [0.5, 0.6) is 0 Å². The number of carbonyl (C=O) groups is 2. The average molecular weight is 290 g/mol. The van der Waals surface area contributed by atoms with Crippen molar-refractivity contribution in [1.82, 2.24) is 10.9 Å². The zero-order valence-electron chi connectivity index (χ0n) is 11.5. The summed E-state index contributed by atoms with van der Waals surface area (Å²) in [6.45, 7) is 0. The highest BCUT2D eigenvalue weighted by Gasteiger charge is 2.67. The molecule has 4 fully saturated rings. The molecule has 21 heavy (non-hydrogen) atoms. The summed E-state index contributed by atoms with van der Waals surface area (Å²) in [7, 11) is 0. The molecule has 8 nitrogen and oxygen atoms in total. The lowest BCUT2D eigenvalue weighted by molar-refractivity contribution is 0.241. The number of primary amides is 2. The Morgan fingerprint density at radius 3 is 1.67 bits per heavy atom. The second-order valence-electron chi connectivity index (χ2n) is 6.51. The maximum absolute atomic E-state index is 10.9. The van der Waals surface area contributed by atoms with E-state index < -0.39 is 12.1 Å². The zero-order valence-corrected chi connectivity index (χ0v) is 11.5. The predicted molar refractivity (Wildman–Crippen MR) is 75.1 cm³/mol. The van der Waals surface area contributed by atoms with Gasteiger partial charge in [-0.15, -0.1) is 0 Å². The summed E-state index contributed by atoms with van der Waals surface area (Å²) in [5.74, 6) is 3.20. The van der Waals surface area contributed by atoms with E-state index in [1.165, 1.54) is 6.42 Å². The molecule has 0 radical (unpaired) electrons. The lowest BCUT2D eigenvalue weighted by atomic mass is 9.79. The Morgan fingerprint density at radius 1 is 0.857 bits per heavy atom. The van der Waals surface area contributed by atoms with Crippen LogP contribution in [0.3, 0.4) is 0 Å². The van der Waals surface area contributed by atoms with E-state index >= 15 is 0 Å². The lowest BCUT2D eigenvalue weighted by Crippen LogP contribution is -2.32. The lowest BCUT2D eigenvalue weighted by Gasteiger charge is -2.24. The minimum atomic E-state index is -0.634. The van der Waals surface area contributed by atoms with Gasteiger partial charge in [0.05, 0.1) is 0 Å². The van der Waals surface area contributed by atoms with Crippen molar-refractivity contribution < 1.29 is 9.59 Å². The number of carbonyl (C=O) groups excluding carboxylic acids is 2. The van der Waals surface area contributed by atoms with Crippen molar-refractivity contribution in [2.75, 3.05) is 0 Å². The fraction of sp³-hybridized carbons (Fsp3) is 0.692. The van der Waals surface area contributed by atoms with E-state index in [0.717, 1.165) is 24.3 Å². The van der Waals surface area contributed by atoms with Gasteiger partial charge in [-0.2, -0.15) is 10.2 Å². The maximum Gasteiger partial charge on any atom is 0.332 e. The first-order chi connectivity index (χ1) is 10.1. The number of fused-ring (bicyclic) bond motifs is 2. The molecular weight excluding hydrogens is 272 g/mol. The number of nitrogens with one attached hydrogen (secondary N) is 2. The zero-order chi connectivity index (χ0) is 14.7. The Kier molecular flexibility index (Phi) is 2.51. The topological polar surface area (TPSA) is 135 Å². The molecule has 0 spiro atoms. The summed E-state index contributed by atoms with van der Waals surface area (Å²) >= 11 is 0. The van der Waals surface area contributed by atoms with Crippen molar-refractivity contribution in [3.05, 3.63) is 0 Å². The first-order valence-electron chi connectivity index (χ1n) is 7.30. The van der Waals surface area contributed by atoms with Crippen LogP contribution in [0.4, 0.5) is 9.59 Å². The summed E-state index contributed by atoms with van der Waals surface area (Å²) in [5.41, 5.74) is 17.0. The standard InChI is InChI=1S/C13H18N6O2/c14-12(20)18-16-8-2-4-5-3-9(17-19-13(15)21)11-7(5)1-6(4)10(8)11/h4-7,10-11H,1-3H2,(H3,14,18,20)(H3,15,19,21)/b16-8-,17-9-/t4-,5+,6+,7-,10-,11-/m1/s1. The van der Waals surface area contributed by atoms with Crippen molar-refractivity contribution in [3.63, 3.8) is 0 Å². The number of hydrogen-bond acceptors (Lipinski definition) is 4. The quantitative estimate of drug-likeness (QED) is 0.531. The molecule has 8 heteroatoms. The van der Waals surface area contributed by atoms with E-state index in [2.05, 4.69) is 21.1 Å². The molecular formula is C13H18N6O2. The predicted octanol–water partition coefficient (Wildman–Crippen LogP) is -0.0431. The van der Waals surface area contributed by atoms with Gasteiger partial charge in [0.15, 0.2) is 0 Å². The monoisotopic (exact) mass is 290 g/mol. The number of nitrogens with zero attached hydrogens (tertiary/aromatic N) is 2. The van der Waals surface area contributed by atoms with Crippen LogP contribution < -0.4 is 22.3 Å². The fourth-order valence-electron chi connectivity index (χ4n) is 5.42. The van der Waals surface area contributed by atoms with E-state index in [1.54, 1.807) is 0 Å². The highest BCUT2D eigenvalue weighted by Crippen LogP contribution is 2.68. The van der Waals surface area contributed by atoms with Crippen LogP contribution in [-0.4, -0.2) is 23.5 Å². The van der Waals surface area contributed by atoms with Gasteiger partial charge in [-0.05, 0) is 42.9 Å². The molecule has 4 aliphatic rings. The minimum absolute atomic E-state index is 0.332. The SMILES string of the molecule is NC(=O)N/N=C1/C[C@H]2[C@H]3C/C(=N/NC(N)=O)[C@H]4[C@H]3C[C@H]2[C@H]14. The Hall–Kier alpha value is -2.12. The molecule has 4 aliphatic carbocycles. The van der Waals surface area contributed by atoms with Gasteiger partial charge in [0.2, 0.25) is 0 Å². The maximum atomic E-state index is 10.9. The molecule has 4 rings (SSSR count). The molecule has 6 atom stereocenters. The summed E-state index contributed by atoms with van der Waals surface area (Å²) < 4.78 is 0. The van der Waals surface area contributed by atoms with Crippen LogP contribution >= 0.6 is 0 Å². The van der Waals surface area contributed by atoms with Gasteiger partial charge in [-0.25, -0.2) is 20.4 Å². The van der Waals surface area contributed by atoms with E-state index in [4.69, 9.17) is 11.5 Å². The molecule has 2 bridgehead atoms. The molecule has 0 aromatic heterocycles. The van der Waals surface area contributed by atoms with Crippen LogP contribution in [0.1, 0.15) is 19.3 Å². The van der Waals surface area contributed by atoms with Gasteiger partial charge >= 0.3 is 12.1 Å². The van der Waals surface area contributed by atoms with Gasteiger partial charge in [-0.3, -0.25) is 0 Å². The van der Waals surface area contributed by atoms with Gasteiger partial charge in [-0.1, -0.05) is 0 Å². The third kappa shape index (κ3) is 1.68. The molecule has 0 saturated heterocycles. The molecule has 4 amide bonds. The Labute approximate surface area is 121 Å². The van der Waals surface area contributed by atoms with Crippen LogP contribution in [0.2, 0.25) is 0 Å². The van der Waals surface area contributed by atoms with Gasteiger partial charge in [0.25, 0.3) is 0 Å². The first kappa shape index (κ1) is 12.6. The number of hydrogen-bond donors (Lipinski definition) is 4. The van der Waals surface area contributed by atoms with Crippen molar-refractivity contribution in [2.24, 2.45) is 57.2 Å². The number of nitrogens with two attached hydrogens (primary N) is 2. The van der Waals surface area contributed by atoms with E-state index in [0.29, 0.717) is 35.5 Å². The highest BCUT2D eigenvalue weighted by atomic mass is 16.2. The number of amides is 4. The number of urea groups is 2. The third-order valence-corrected chi connectivity index (χ3v) is 5.78. The molecule has 112 valence electrons. The largest absolute Gasteiger partial charge is 0.350 e. The number of hydrazone groups is 2.